The van der Waals surface area contributed by atoms with Gasteiger partial charge in [-0.3, -0.25) is 4.98 Å². The number of nitrogens with two attached hydrogens (primary N) is 1. The molecule has 0 bridgehead atoms. The monoisotopic (exact) mass is 482 g/mol. The highest BCUT2D eigenvalue weighted by atomic mass is 79.9. The highest BCUT2D eigenvalue weighted by Gasteiger charge is 2.26. The Morgan fingerprint density at radius 2 is 2.00 bits per heavy atom. The summed E-state index contributed by atoms with van der Waals surface area (Å²) in [6, 6.07) is 9.99. The van der Waals surface area contributed by atoms with E-state index in [1.165, 1.54) is 0 Å². The Balaban J connectivity index is 1.54. The minimum atomic E-state index is -1.24. The molecule has 4 aromatic rings. The summed E-state index contributed by atoms with van der Waals surface area (Å²) in [5.74, 6) is 1.15. The first-order valence-electron chi connectivity index (χ1n) is 9.83. The molecule has 0 aliphatic carbocycles. The summed E-state index contributed by atoms with van der Waals surface area (Å²) in [5.41, 5.74) is 9.67. The summed E-state index contributed by atoms with van der Waals surface area (Å²) in [5, 5.41) is 14.3. The van der Waals surface area contributed by atoms with E-state index in [4.69, 9.17) is 20.6 Å². The van der Waals surface area contributed by atoms with Crippen LogP contribution in [0.1, 0.15) is 12.8 Å². The van der Waals surface area contributed by atoms with E-state index in [9.17, 15) is 4.79 Å². The lowest BCUT2D eigenvalue weighted by Gasteiger charge is -2.32. The lowest BCUT2D eigenvalue weighted by Crippen LogP contribution is -2.38. The van der Waals surface area contributed by atoms with Crippen molar-refractivity contribution in [1.29, 1.82) is 0 Å². The molecular weight excluding hydrogens is 464 g/mol. The van der Waals surface area contributed by atoms with Crippen LogP contribution in [-0.2, 0) is 4.74 Å². The number of aromatic nitrogens is 4. The first kappa shape index (κ1) is 19.6. The van der Waals surface area contributed by atoms with Gasteiger partial charge in [0, 0.05) is 48.6 Å². The summed E-state index contributed by atoms with van der Waals surface area (Å²) in [6.45, 7) is 1.22. The molecule has 1 saturated heterocycles. The molecule has 3 N–H and O–H groups in total. The topological polar surface area (TPSA) is 119 Å². The SMILES string of the molecule is Nc1c(Br)c(N2CCC(OC(=O)O)CC2)nc2c(-c3cnc4ccccc4c3)cnn12. The number of fused-ring (bicyclic) bond motifs is 2. The molecule has 1 aliphatic heterocycles. The minimum Gasteiger partial charge on any atom is -0.450 e. The number of nitrogen functional groups attached to an aromatic ring is 1. The Kier molecular flexibility index (Phi) is 4.85. The van der Waals surface area contributed by atoms with Gasteiger partial charge in [-0.05, 0) is 28.1 Å². The van der Waals surface area contributed by atoms with Crippen molar-refractivity contribution in [2.45, 2.75) is 18.9 Å². The third-order valence-electron chi connectivity index (χ3n) is 5.52. The molecule has 158 valence electrons. The fraction of sp³-hybridized carbons (Fsp3) is 0.238. The molecule has 0 saturated carbocycles. The van der Waals surface area contributed by atoms with Crippen molar-refractivity contribution in [1.82, 2.24) is 19.6 Å². The molecule has 3 aromatic heterocycles. The molecule has 10 heteroatoms. The van der Waals surface area contributed by atoms with Crippen molar-refractivity contribution in [3.8, 4) is 11.1 Å². The molecule has 0 atom stereocenters. The summed E-state index contributed by atoms with van der Waals surface area (Å²) in [7, 11) is 0. The minimum absolute atomic E-state index is 0.303. The zero-order chi connectivity index (χ0) is 21.5. The Morgan fingerprint density at radius 1 is 1.23 bits per heavy atom. The smallest absolute Gasteiger partial charge is 0.450 e. The van der Waals surface area contributed by atoms with Crippen molar-refractivity contribution in [3.63, 3.8) is 0 Å². The number of carboxylic acid groups (broad SMARTS) is 1. The van der Waals surface area contributed by atoms with Gasteiger partial charge in [-0.1, -0.05) is 18.2 Å². The normalized spacial score (nSPS) is 14.9. The molecule has 4 heterocycles. The average molecular weight is 483 g/mol. The van der Waals surface area contributed by atoms with Crippen molar-refractivity contribution >= 4 is 50.3 Å². The molecule has 1 fully saturated rings. The van der Waals surface area contributed by atoms with E-state index in [2.05, 4.69) is 37.0 Å². The second kappa shape index (κ2) is 7.69. The average Bonchev–Trinajstić information content (AvgIpc) is 3.20. The number of carbonyl (C=O) groups is 1. The molecule has 1 aliphatic rings. The lowest BCUT2D eigenvalue weighted by atomic mass is 10.1. The van der Waals surface area contributed by atoms with E-state index >= 15 is 0 Å². The second-order valence-electron chi connectivity index (χ2n) is 7.42. The summed E-state index contributed by atoms with van der Waals surface area (Å²) < 4.78 is 7.18. The molecule has 0 spiro atoms. The van der Waals surface area contributed by atoms with Gasteiger partial charge in [0.2, 0.25) is 0 Å². The van der Waals surface area contributed by atoms with Crippen LogP contribution in [0.5, 0.6) is 0 Å². The number of ether oxygens (including phenoxy) is 1. The van der Waals surface area contributed by atoms with Gasteiger partial charge in [0.25, 0.3) is 0 Å². The molecule has 0 amide bonds. The van der Waals surface area contributed by atoms with E-state index in [-0.39, 0.29) is 6.10 Å². The predicted molar refractivity (Wildman–Crippen MR) is 120 cm³/mol. The summed E-state index contributed by atoms with van der Waals surface area (Å²) in [6.07, 6.45) is 3.19. The fourth-order valence-corrected chi connectivity index (χ4v) is 4.45. The van der Waals surface area contributed by atoms with Crippen LogP contribution >= 0.6 is 15.9 Å². The number of hydrogen-bond donors (Lipinski definition) is 2. The van der Waals surface area contributed by atoms with Crippen LogP contribution in [0.4, 0.5) is 16.4 Å². The number of pyridine rings is 1. The predicted octanol–water partition coefficient (Wildman–Crippen LogP) is 3.95. The Labute approximate surface area is 185 Å². The van der Waals surface area contributed by atoms with E-state index < -0.39 is 6.16 Å². The van der Waals surface area contributed by atoms with Gasteiger partial charge < -0.3 is 20.5 Å². The molecule has 31 heavy (non-hydrogen) atoms. The van der Waals surface area contributed by atoms with Gasteiger partial charge in [0.05, 0.1) is 11.7 Å². The van der Waals surface area contributed by atoms with Gasteiger partial charge in [0.1, 0.15) is 22.2 Å². The molecule has 5 rings (SSSR count). The van der Waals surface area contributed by atoms with Crippen LogP contribution in [-0.4, -0.2) is 50.0 Å². The standard InChI is InChI=1S/C21H19BrN6O3/c22-17-18(23)28-19(26-20(17)27-7-5-14(6-8-27)31-21(29)30)15(11-25-28)13-9-12-3-1-2-4-16(12)24-10-13/h1-4,9-11,14H,5-8,23H2,(H,29,30). The number of nitrogens with zero attached hydrogens (tertiary/aromatic N) is 5. The van der Waals surface area contributed by atoms with Crippen LogP contribution in [0.25, 0.3) is 27.7 Å². The quantitative estimate of drug-likeness (QED) is 0.421. The number of piperidine rings is 1. The van der Waals surface area contributed by atoms with Crippen LogP contribution in [0.3, 0.4) is 0 Å². The molecular formula is C21H19BrN6O3. The molecule has 9 nitrogen and oxygen atoms in total. The van der Waals surface area contributed by atoms with Gasteiger partial charge in [0.15, 0.2) is 5.65 Å². The molecule has 0 unspecified atom stereocenters. The maximum absolute atomic E-state index is 10.8. The Morgan fingerprint density at radius 3 is 2.77 bits per heavy atom. The van der Waals surface area contributed by atoms with Crippen LogP contribution in [0.2, 0.25) is 0 Å². The van der Waals surface area contributed by atoms with Crippen LogP contribution < -0.4 is 10.6 Å². The van der Waals surface area contributed by atoms with E-state index in [1.807, 2.05) is 30.5 Å². The first-order valence-corrected chi connectivity index (χ1v) is 10.6. The number of rotatable bonds is 3. The van der Waals surface area contributed by atoms with Crippen LogP contribution in [0.15, 0.2) is 47.2 Å². The number of halogens is 1. The van der Waals surface area contributed by atoms with E-state index in [0.717, 1.165) is 22.0 Å². The second-order valence-corrected chi connectivity index (χ2v) is 8.21. The zero-order valence-electron chi connectivity index (χ0n) is 16.4. The van der Waals surface area contributed by atoms with Gasteiger partial charge in [-0.2, -0.15) is 9.61 Å². The number of benzene rings is 1. The van der Waals surface area contributed by atoms with E-state index in [0.29, 0.717) is 47.7 Å². The van der Waals surface area contributed by atoms with Crippen molar-refractivity contribution in [2.75, 3.05) is 23.7 Å². The highest BCUT2D eigenvalue weighted by molar-refractivity contribution is 9.10. The van der Waals surface area contributed by atoms with Crippen molar-refractivity contribution in [3.05, 3.63) is 47.2 Å². The van der Waals surface area contributed by atoms with Gasteiger partial charge >= 0.3 is 6.16 Å². The first-order chi connectivity index (χ1) is 15.0. The summed E-state index contributed by atoms with van der Waals surface area (Å²) in [4.78, 5) is 22.3. The molecule has 1 aromatic carbocycles. The van der Waals surface area contributed by atoms with Crippen molar-refractivity contribution < 1.29 is 14.6 Å². The van der Waals surface area contributed by atoms with E-state index in [1.54, 1.807) is 10.7 Å². The zero-order valence-corrected chi connectivity index (χ0v) is 18.0. The van der Waals surface area contributed by atoms with Crippen molar-refractivity contribution in [2.24, 2.45) is 0 Å². The highest BCUT2D eigenvalue weighted by Crippen LogP contribution is 2.35. The maximum atomic E-state index is 10.8. The summed E-state index contributed by atoms with van der Waals surface area (Å²) >= 11 is 3.56. The number of para-hydroxylation sites is 1. The maximum Gasteiger partial charge on any atom is 0.506 e. The van der Waals surface area contributed by atoms with Crippen LogP contribution in [0, 0.1) is 0 Å². The largest absolute Gasteiger partial charge is 0.506 e. The third-order valence-corrected chi connectivity index (χ3v) is 6.28. The third kappa shape index (κ3) is 3.52. The Bertz CT molecular complexity index is 1300. The number of hydrogen-bond acceptors (Lipinski definition) is 7. The van der Waals surface area contributed by atoms with Gasteiger partial charge in [-0.25, -0.2) is 9.78 Å². The fourth-order valence-electron chi connectivity index (χ4n) is 3.94. The lowest BCUT2D eigenvalue weighted by molar-refractivity contribution is 0.0415. The Hall–Kier alpha value is -3.40. The van der Waals surface area contributed by atoms with Gasteiger partial charge in [-0.15, -0.1) is 0 Å². The molecule has 0 radical (unpaired) electrons. The number of anilines is 2.